The molecule has 5 aromatic carbocycles. The minimum atomic E-state index is -4.82. The first kappa shape index (κ1) is 42.2. The maximum Gasteiger partial charge on any atom is 0.418 e. The molecule has 2 N–H and O–H groups in total. The van der Waals surface area contributed by atoms with Gasteiger partial charge >= 0.3 is 6.18 Å². The average molecular weight is 857 g/mol. The number of hydrogen-bond donors (Lipinski definition) is 2. The molecule has 1 aliphatic heterocycles. The molecule has 1 aromatic heterocycles. The minimum absolute atomic E-state index is 0.0291. The average Bonchev–Trinajstić information content (AvgIpc) is 3.22. The van der Waals surface area contributed by atoms with E-state index in [9.17, 15) is 21.6 Å². The van der Waals surface area contributed by atoms with Crippen molar-refractivity contribution < 1.29 is 21.6 Å². The zero-order valence-electron chi connectivity index (χ0n) is 32.6. The molecule has 0 fully saturated rings. The molecule has 1 aliphatic rings. The Hall–Kier alpha value is -4.92. The number of anilines is 2. The maximum absolute atomic E-state index is 14.6. The van der Waals surface area contributed by atoms with Crippen molar-refractivity contribution in [2.75, 3.05) is 49.5 Å². The smallest absolute Gasteiger partial charge is 0.381 e. The van der Waals surface area contributed by atoms with E-state index < -0.39 is 26.7 Å². The Kier molecular flexibility index (Phi) is 13.3. The van der Waals surface area contributed by atoms with Crippen molar-refractivity contribution in [1.82, 2.24) is 19.8 Å². The van der Waals surface area contributed by atoms with Crippen LogP contribution in [0.25, 0.3) is 27.6 Å². The van der Waals surface area contributed by atoms with Gasteiger partial charge in [0.2, 0.25) is 0 Å². The molecule has 306 valence electrons. The third-order valence-electron chi connectivity index (χ3n) is 10.2. The summed E-state index contributed by atoms with van der Waals surface area (Å²) < 4.78 is 73.5. The van der Waals surface area contributed by atoms with Crippen molar-refractivity contribution in [3.8, 4) is 11.1 Å². The molecular weight excluding hydrogens is 813 g/mol. The van der Waals surface area contributed by atoms with E-state index in [0.717, 1.165) is 58.8 Å². The molecule has 0 saturated carbocycles. The molecule has 59 heavy (non-hydrogen) atoms. The van der Waals surface area contributed by atoms with Gasteiger partial charge in [0.25, 0.3) is 10.0 Å². The standard InChI is InChI=1S/C45H44ClF3N6O2S2/c1-54(2)22-21-36(29-58-37-11-7-4-8-12-37)52-42-18-15-38(27-41(42)45(47,48)49)59(56,57)53-44-40-16-13-33(26-43(40)50-30-51-44)31-19-23-55(24-20-31)28-34-25-35(46)14-17-39(34)32-9-5-3-6-10-32/h3-19,25-27,30,36,52H,20-24,28-29H2,1-2H3,(H,50,51,53)/t36-/m1/s1. The molecular formula is C45H44ClF3N6O2S2. The topological polar surface area (TPSA) is 90.5 Å². The number of fused-ring (bicyclic) bond motifs is 1. The summed E-state index contributed by atoms with van der Waals surface area (Å²) >= 11 is 7.95. The lowest BCUT2D eigenvalue weighted by Gasteiger charge is -2.27. The number of benzene rings is 5. The number of nitrogens with one attached hydrogen (secondary N) is 2. The SMILES string of the molecule is CN(C)CC[C@H](CSc1ccccc1)Nc1ccc(S(=O)(=O)Nc2ncnc3cc(C4=CCN(Cc5cc(Cl)ccc5-c5ccccc5)CC4)ccc23)cc1C(F)(F)F. The summed E-state index contributed by atoms with van der Waals surface area (Å²) in [7, 11) is -0.681. The third kappa shape index (κ3) is 10.8. The van der Waals surface area contributed by atoms with Crippen LogP contribution < -0.4 is 10.0 Å². The van der Waals surface area contributed by atoms with Gasteiger partial charge in [-0.15, -0.1) is 11.8 Å². The van der Waals surface area contributed by atoms with E-state index in [1.807, 2.05) is 91.8 Å². The van der Waals surface area contributed by atoms with E-state index in [1.54, 1.807) is 17.8 Å². The number of sulfonamides is 1. The van der Waals surface area contributed by atoms with Gasteiger partial charge in [-0.05, 0) is 116 Å². The van der Waals surface area contributed by atoms with Gasteiger partial charge in [-0.2, -0.15) is 13.2 Å². The van der Waals surface area contributed by atoms with Crippen LogP contribution in [0.15, 0.2) is 137 Å². The van der Waals surface area contributed by atoms with Crippen molar-refractivity contribution in [1.29, 1.82) is 0 Å². The van der Waals surface area contributed by atoms with Crippen LogP contribution in [0.2, 0.25) is 5.02 Å². The van der Waals surface area contributed by atoms with Crippen molar-refractivity contribution >= 4 is 61.4 Å². The summed E-state index contributed by atoms with van der Waals surface area (Å²) in [6.45, 7) is 2.92. The second-order valence-corrected chi connectivity index (χ2v) is 17.9. The first-order valence-electron chi connectivity index (χ1n) is 19.2. The molecule has 8 nitrogen and oxygen atoms in total. The van der Waals surface area contributed by atoms with Gasteiger partial charge in [0.1, 0.15) is 6.33 Å². The molecule has 0 radical (unpaired) electrons. The summed E-state index contributed by atoms with van der Waals surface area (Å²) in [5.41, 5.74) is 4.76. The zero-order valence-corrected chi connectivity index (χ0v) is 35.0. The molecule has 14 heteroatoms. The molecule has 1 atom stereocenters. The van der Waals surface area contributed by atoms with Gasteiger partial charge in [0.05, 0.1) is 16.0 Å². The second-order valence-electron chi connectivity index (χ2n) is 14.7. The molecule has 0 aliphatic carbocycles. The van der Waals surface area contributed by atoms with E-state index in [2.05, 4.69) is 49.2 Å². The normalized spacial score (nSPS) is 14.3. The number of alkyl halides is 3. The molecule has 2 heterocycles. The van der Waals surface area contributed by atoms with Crippen molar-refractivity contribution in [3.63, 3.8) is 0 Å². The van der Waals surface area contributed by atoms with Crippen LogP contribution in [0.5, 0.6) is 0 Å². The third-order valence-corrected chi connectivity index (χ3v) is 12.9. The first-order chi connectivity index (χ1) is 28.3. The Balaban J connectivity index is 1.07. The van der Waals surface area contributed by atoms with Gasteiger partial charge in [-0.1, -0.05) is 78.3 Å². The lowest BCUT2D eigenvalue weighted by molar-refractivity contribution is -0.137. The van der Waals surface area contributed by atoms with Crippen LogP contribution in [-0.4, -0.2) is 73.7 Å². The Morgan fingerprint density at radius 2 is 1.66 bits per heavy atom. The van der Waals surface area contributed by atoms with Gasteiger partial charge in [0.15, 0.2) is 5.82 Å². The number of hydrogen-bond acceptors (Lipinski definition) is 8. The highest BCUT2D eigenvalue weighted by atomic mass is 35.5. The second kappa shape index (κ2) is 18.6. The Bertz CT molecular complexity index is 2540. The molecule has 0 bridgehead atoms. The Labute approximate surface area is 352 Å². The summed E-state index contributed by atoms with van der Waals surface area (Å²) in [4.78, 5) is 13.4. The molecule has 0 amide bonds. The van der Waals surface area contributed by atoms with Crippen molar-refractivity contribution in [2.24, 2.45) is 0 Å². The van der Waals surface area contributed by atoms with E-state index in [-0.39, 0.29) is 17.5 Å². The number of nitrogens with zero attached hydrogens (tertiary/aromatic N) is 4. The van der Waals surface area contributed by atoms with Gasteiger partial charge in [-0.3, -0.25) is 9.62 Å². The number of halogens is 4. The quantitative estimate of drug-likeness (QED) is 0.0987. The largest absolute Gasteiger partial charge is 0.418 e. The number of thioether (sulfide) groups is 1. The van der Waals surface area contributed by atoms with E-state index >= 15 is 0 Å². The minimum Gasteiger partial charge on any atom is -0.381 e. The molecule has 0 saturated heterocycles. The Morgan fingerprint density at radius 3 is 2.37 bits per heavy atom. The van der Waals surface area contributed by atoms with Crippen LogP contribution in [-0.2, 0) is 22.7 Å². The molecule has 0 unspecified atom stereocenters. The van der Waals surface area contributed by atoms with E-state index in [1.165, 1.54) is 18.5 Å². The molecule has 7 rings (SSSR count). The summed E-state index contributed by atoms with van der Waals surface area (Å²) in [5, 5.41) is 4.18. The van der Waals surface area contributed by atoms with Crippen LogP contribution in [0.3, 0.4) is 0 Å². The fourth-order valence-corrected chi connectivity index (χ4v) is 9.31. The fraction of sp³-hybridized carbons (Fsp3) is 0.244. The number of aromatic nitrogens is 2. The van der Waals surface area contributed by atoms with Crippen LogP contribution >= 0.6 is 23.4 Å². The lowest BCUT2D eigenvalue weighted by atomic mass is 9.96. The fourth-order valence-electron chi connectivity index (χ4n) is 7.07. The van der Waals surface area contributed by atoms with Crippen molar-refractivity contribution in [2.45, 2.75) is 41.4 Å². The highest BCUT2D eigenvalue weighted by Gasteiger charge is 2.36. The summed E-state index contributed by atoms with van der Waals surface area (Å²) in [5.74, 6) is 0.480. The molecule has 0 spiro atoms. The van der Waals surface area contributed by atoms with Crippen LogP contribution in [0, 0.1) is 0 Å². The Morgan fingerprint density at radius 1 is 0.898 bits per heavy atom. The molecule has 6 aromatic rings. The van der Waals surface area contributed by atoms with Gasteiger partial charge in [-0.25, -0.2) is 18.4 Å². The predicted octanol–water partition coefficient (Wildman–Crippen LogP) is 10.6. The van der Waals surface area contributed by atoms with Gasteiger partial charge < -0.3 is 10.2 Å². The highest BCUT2D eigenvalue weighted by molar-refractivity contribution is 7.99. The van der Waals surface area contributed by atoms with Crippen LogP contribution in [0.4, 0.5) is 24.7 Å². The van der Waals surface area contributed by atoms with E-state index in [4.69, 9.17) is 11.6 Å². The number of rotatable bonds is 15. The van der Waals surface area contributed by atoms with Gasteiger partial charge in [0, 0.05) is 52.4 Å². The van der Waals surface area contributed by atoms with Crippen molar-refractivity contribution in [3.05, 3.63) is 149 Å². The zero-order chi connectivity index (χ0) is 41.6. The van der Waals surface area contributed by atoms with E-state index in [0.29, 0.717) is 40.7 Å². The van der Waals surface area contributed by atoms with Crippen LogP contribution in [0.1, 0.15) is 29.5 Å². The highest BCUT2D eigenvalue weighted by Crippen LogP contribution is 2.38. The summed E-state index contributed by atoms with van der Waals surface area (Å²) in [6.07, 6.45) is -0.0388. The maximum atomic E-state index is 14.6. The monoisotopic (exact) mass is 856 g/mol. The lowest BCUT2D eigenvalue weighted by Crippen LogP contribution is -2.29. The first-order valence-corrected chi connectivity index (χ1v) is 22.0. The predicted molar refractivity (Wildman–Crippen MR) is 234 cm³/mol. The summed E-state index contributed by atoms with van der Waals surface area (Å²) in [6, 6.07) is 34.1.